The van der Waals surface area contributed by atoms with Gasteiger partial charge in [-0.15, -0.1) is 0 Å². The lowest BCUT2D eigenvalue weighted by Gasteiger charge is -2.27. The summed E-state index contributed by atoms with van der Waals surface area (Å²) in [6.45, 7) is 5.86. The Morgan fingerprint density at radius 2 is 2.00 bits per heavy atom. The molecule has 1 aromatic carbocycles. The van der Waals surface area contributed by atoms with Crippen LogP contribution in [-0.2, 0) is 17.6 Å². The molecule has 4 nitrogen and oxygen atoms in total. The molecule has 2 N–H and O–H groups in total. The fourth-order valence-corrected chi connectivity index (χ4v) is 2.78. The summed E-state index contributed by atoms with van der Waals surface area (Å²) in [5.41, 5.74) is 4.18. The highest BCUT2D eigenvalue weighted by Gasteiger charge is 2.27. The lowest BCUT2D eigenvalue weighted by molar-refractivity contribution is -0.127. The molecule has 1 aliphatic rings. The number of Topliss-reactive ketones (excluding diaryl/α,β-unsaturated/α-hetero) is 1. The van der Waals surface area contributed by atoms with Gasteiger partial charge in [-0.1, -0.05) is 26.8 Å². The summed E-state index contributed by atoms with van der Waals surface area (Å²) >= 11 is 0. The minimum absolute atomic E-state index is 0.292. The molecular formula is C17H23NO3. The minimum atomic E-state index is -0.495. The minimum Gasteiger partial charge on any atom is -0.299 e. The zero-order chi connectivity index (χ0) is 15.6. The maximum Gasteiger partial charge on any atom is 0.274 e. The number of nitrogens with one attached hydrogen (secondary N) is 1. The Balaban J connectivity index is 2.12. The molecule has 1 aromatic rings. The second-order valence-corrected chi connectivity index (χ2v) is 6.91. The molecule has 2 rings (SSSR count). The Bertz CT molecular complexity index is 558. The van der Waals surface area contributed by atoms with E-state index in [2.05, 4.69) is 0 Å². The molecule has 0 unspecified atom stereocenters. The molecule has 0 saturated heterocycles. The first-order valence-electron chi connectivity index (χ1n) is 7.41. The number of hydrogen-bond acceptors (Lipinski definition) is 3. The van der Waals surface area contributed by atoms with Crippen LogP contribution in [-0.4, -0.2) is 16.9 Å². The molecule has 0 aliphatic heterocycles. The van der Waals surface area contributed by atoms with Crippen molar-refractivity contribution in [2.75, 3.05) is 0 Å². The summed E-state index contributed by atoms with van der Waals surface area (Å²) in [6.07, 6.45) is 3.38. The van der Waals surface area contributed by atoms with Gasteiger partial charge in [-0.2, -0.15) is 0 Å². The highest BCUT2D eigenvalue weighted by atomic mass is 16.5. The second kappa shape index (κ2) is 5.98. The first-order valence-corrected chi connectivity index (χ1v) is 7.41. The van der Waals surface area contributed by atoms with Crippen LogP contribution < -0.4 is 5.48 Å². The van der Waals surface area contributed by atoms with Gasteiger partial charge in [-0.25, -0.2) is 5.48 Å². The molecule has 1 aliphatic carbocycles. The number of rotatable bonds is 3. The highest BCUT2D eigenvalue weighted by molar-refractivity contribution is 5.93. The van der Waals surface area contributed by atoms with Crippen LogP contribution in [0.2, 0.25) is 0 Å². The van der Waals surface area contributed by atoms with Crippen LogP contribution >= 0.6 is 0 Å². The molecule has 0 aromatic heterocycles. The Morgan fingerprint density at radius 1 is 1.29 bits per heavy atom. The zero-order valence-electron chi connectivity index (χ0n) is 12.9. The Labute approximate surface area is 125 Å². The summed E-state index contributed by atoms with van der Waals surface area (Å²) in [4.78, 5) is 23.6. The zero-order valence-corrected chi connectivity index (χ0v) is 12.9. The van der Waals surface area contributed by atoms with Crippen molar-refractivity contribution in [3.8, 4) is 0 Å². The van der Waals surface area contributed by atoms with Gasteiger partial charge < -0.3 is 0 Å². The Morgan fingerprint density at radius 3 is 2.62 bits per heavy atom. The number of hydrogen-bond donors (Lipinski definition) is 2. The van der Waals surface area contributed by atoms with Crippen molar-refractivity contribution in [3.63, 3.8) is 0 Å². The predicted molar refractivity (Wildman–Crippen MR) is 80.3 cm³/mol. The van der Waals surface area contributed by atoms with Crippen molar-refractivity contribution in [3.05, 3.63) is 34.9 Å². The molecule has 0 heterocycles. The molecule has 21 heavy (non-hydrogen) atoms. The Kier molecular flexibility index (Phi) is 4.47. The summed E-state index contributed by atoms with van der Waals surface area (Å²) < 4.78 is 0. The topological polar surface area (TPSA) is 66.4 Å². The number of carbonyl (C=O) groups excluding carboxylic acids is 2. The maximum atomic E-state index is 12.2. The van der Waals surface area contributed by atoms with E-state index >= 15 is 0 Å². The van der Waals surface area contributed by atoms with Crippen LogP contribution in [0.25, 0.3) is 0 Å². The summed E-state index contributed by atoms with van der Waals surface area (Å²) in [7, 11) is 0. The maximum absolute atomic E-state index is 12.2. The molecule has 0 fully saturated rings. The van der Waals surface area contributed by atoms with Crippen molar-refractivity contribution in [2.45, 2.75) is 46.5 Å². The number of hydroxylamine groups is 1. The van der Waals surface area contributed by atoms with Gasteiger partial charge in [0.2, 0.25) is 0 Å². The van der Waals surface area contributed by atoms with E-state index in [-0.39, 0.29) is 5.41 Å². The van der Waals surface area contributed by atoms with Gasteiger partial charge in [0.15, 0.2) is 0 Å². The SMILES string of the molecule is CC(C)(C)C(=O)C[C@@H]1CCc2ccc(C(=O)NO)cc2C1. The van der Waals surface area contributed by atoms with E-state index in [1.165, 1.54) is 5.56 Å². The molecular weight excluding hydrogens is 266 g/mol. The van der Waals surface area contributed by atoms with Gasteiger partial charge in [0, 0.05) is 17.4 Å². The highest BCUT2D eigenvalue weighted by Crippen LogP contribution is 2.31. The van der Waals surface area contributed by atoms with Crippen LogP contribution in [0.4, 0.5) is 0 Å². The van der Waals surface area contributed by atoms with Crippen LogP contribution in [0.5, 0.6) is 0 Å². The first-order chi connectivity index (χ1) is 9.81. The number of ketones is 1. The van der Waals surface area contributed by atoms with Gasteiger partial charge in [-0.05, 0) is 48.4 Å². The lowest BCUT2D eigenvalue weighted by Crippen LogP contribution is -2.26. The summed E-state index contributed by atoms with van der Waals surface area (Å²) in [5.74, 6) is 0.141. The lowest BCUT2D eigenvalue weighted by atomic mass is 9.77. The third-order valence-electron chi connectivity index (χ3n) is 4.21. The van der Waals surface area contributed by atoms with E-state index in [1.807, 2.05) is 32.9 Å². The van der Waals surface area contributed by atoms with Crippen molar-refractivity contribution in [1.82, 2.24) is 5.48 Å². The van der Waals surface area contributed by atoms with Gasteiger partial charge in [0.1, 0.15) is 5.78 Å². The second-order valence-electron chi connectivity index (χ2n) is 6.91. The third-order valence-corrected chi connectivity index (χ3v) is 4.21. The van der Waals surface area contributed by atoms with Crippen LogP contribution in [0.1, 0.15) is 55.1 Å². The van der Waals surface area contributed by atoms with Gasteiger partial charge in [0.05, 0.1) is 0 Å². The molecule has 0 spiro atoms. The van der Waals surface area contributed by atoms with E-state index in [0.29, 0.717) is 23.7 Å². The summed E-state index contributed by atoms with van der Waals surface area (Å²) in [6, 6.07) is 5.50. The molecule has 4 heteroatoms. The number of benzene rings is 1. The van der Waals surface area contributed by atoms with Crippen molar-refractivity contribution in [2.24, 2.45) is 11.3 Å². The van der Waals surface area contributed by atoms with Crippen molar-refractivity contribution in [1.29, 1.82) is 0 Å². The first kappa shape index (κ1) is 15.7. The summed E-state index contributed by atoms with van der Waals surface area (Å²) in [5, 5.41) is 8.71. The fraction of sp³-hybridized carbons (Fsp3) is 0.529. The smallest absolute Gasteiger partial charge is 0.274 e. The van der Waals surface area contributed by atoms with Crippen molar-refractivity contribution >= 4 is 11.7 Å². The Hall–Kier alpha value is -1.68. The predicted octanol–water partition coefficient (Wildman–Crippen LogP) is 2.92. The molecule has 114 valence electrons. The van der Waals surface area contributed by atoms with Crippen LogP contribution in [0, 0.1) is 11.3 Å². The van der Waals surface area contributed by atoms with E-state index in [0.717, 1.165) is 24.8 Å². The van der Waals surface area contributed by atoms with Gasteiger partial charge >= 0.3 is 0 Å². The fourth-order valence-electron chi connectivity index (χ4n) is 2.78. The monoisotopic (exact) mass is 289 g/mol. The van der Waals surface area contributed by atoms with Crippen LogP contribution in [0.15, 0.2) is 18.2 Å². The van der Waals surface area contributed by atoms with Gasteiger partial charge in [-0.3, -0.25) is 14.8 Å². The number of fused-ring (bicyclic) bond motifs is 1. The molecule has 0 bridgehead atoms. The molecule has 1 amide bonds. The molecule has 1 atom stereocenters. The van der Waals surface area contributed by atoms with E-state index < -0.39 is 5.91 Å². The quantitative estimate of drug-likeness (QED) is 0.664. The largest absolute Gasteiger partial charge is 0.299 e. The van der Waals surface area contributed by atoms with E-state index in [9.17, 15) is 9.59 Å². The standard InChI is InChI=1S/C17H23NO3/c1-17(2,3)15(19)9-11-4-5-12-6-7-13(16(20)18-21)10-14(12)8-11/h6-7,10-11,21H,4-5,8-9H2,1-3H3,(H,18,20)/t11-/m1/s1. The third kappa shape index (κ3) is 3.70. The van der Waals surface area contributed by atoms with Crippen LogP contribution in [0.3, 0.4) is 0 Å². The normalized spacial score (nSPS) is 18.0. The van der Waals surface area contributed by atoms with Gasteiger partial charge in [0.25, 0.3) is 5.91 Å². The molecule has 0 radical (unpaired) electrons. The van der Waals surface area contributed by atoms with Crippen molar-refractivity contribution < 1.29 is 14.8 Å². The average Bonchev–Trinajstić information content (AvgIpc) is 2.44. The van der Waals surface area contributed by atoms with E-state index in [4.69, 9.17) is 5.21 Å². The number of amides is 1. The van der Waals surface area contributed by atoms with E-state index in [1.54, 1.807) is 11.5 Å². The number of carbonyl (C=O) groups is 2. The number of aryl methyl sites for hydroxylation is 1. The molecule has 0 saturated carbocycles. The average molecular weight is 289 g/mol.